The zero-order valence-electron chi connectivity index (χ0n) is 21.4. The molecule has 0 aliphatic heterocycles. The number of hydrogen-bond acceptors (Lipinski definition) is 4. The van der Waals surface area contributed by atoms with Crippen LogP contribution in [0.2, 0.25) is 0 Å². The van der Waals surface area contributed by atoms with Gasteiger partial charge in [0.05, 0.1) is 0 Å². The van der Waals surface area contributed by atoms with Gasteiger partial charge in [0, 0.05) is 16.5 Å². The molecule has 0 saturated carbocycles. The second-order valence-electron chi connectivity index (χ2n) is 10.4. The van der Waals surface area contributed by atoms with Crippen LogP contribution in [0.4, 0.5) is 0 Å². The first-order valence-corrected chi connectivity index (χ1v) is 12.5. The van der Waals surface area contributed by atoms with E-state index >= 15 is 0 Å². The Labute approximate surface area is 235 Å². The molecule has 0 amide bonds. The van der Waals surface area contributed by atoms with Gasteiger partial charge in [-0.3, -0.25) is 0 Å². The average Bonchev–Trinajstić information content (AvgIpc) is 2.65. The molecule has 0 spiro atoms. The molecule has 0 N–H and O–H groups in total. The van der Waals surface area contributed by atoms with Gasteiger partial charge in [0.2, 0.25) is 0 Å². The Bertz CT molecular complexity index is 890. The molecule has 2 aromatic carbocycles. The first-order valence-electron chi connectivity index (χ1n) is 10.8. The van der Waals surface area contributed by atoms with Crippen molar-refractivity contribution < 1.29 is 16.5 Å². The van der Waals surface area contributed by atoms with E-state index in [1.807, 2.05) is 0 Å². The number of aryl methyl sites for hydroxylation is 4. The van der Waals surface area contributed by atoms with Crippen molar-refractivity contribution in [2.45, 2.75) is 80.1 Å². The Morgan fingerprint density at radius 1 is 0.576 bits per heavy atom. The maximum atomic E-state index is 5.27. The Morgan fingerprint density at radius 3 is 0.939 bits per heavy atom. The van der Waals surface area contributed by atoms with Crippen LogP contribution in [0.15, 0.2) is 35.1 Å². The molecule has 5 heteroatoms. The van der Waals surface area contributed by atoms with E-state index in [4.69, 9.17) is 50.5 Å². The second-order valence-corrected chi connectivity index (χ2v) is 11.8. The summed E-state index contributed by atoms with van der Waals surface area (Å²) in [4.78, 5) is 1.54. The number of rotatable bonds is 2. The van der Waals surface area contributed by atoms with E-state index in [2.05, 4.69) is 93.5 Å². The molecule has 0 heterocycles. The fourth-order valence-electron chi connectivity index (χ4n) is 3.69. The fraction of sp³-hybridized carbons (Fsp3) is 0.429. The zero-order chi connectivity index (χ0) is 25.0. The molecule has 2 rings (SSSR count). The topological polar surface area (TPSA) is 0 Å². The van der Waals surface area contributed by atoms with Gasteiger partial charge < -0.3 is 50.5 Å². The van der Waals surface area contributed by atoms with Crippen molar-refractivity contribution in [1.82, 2.24) is 0 Å². The minimum atomic E-state index is 0. The van der Waals surface area contributed by atoms with Crippen LogP contribution >= 0.6 is 0 Å². The summed E-state index contributed by atoms with van der Waals surface area (Å²) in [5.41, 5.74) is 10.2. The molecular formula is C28H36NiS4-4. The van der Waals surface area contributed by atoms with E-state index in [-0.39, 0.29) is 27.3 Å². The Kier molecular flexibility index (Phi) is 12.6. The van der Waals surface area contributed by atoms with Gasteiger partial charge >= 0.3 is 0 Å². The van der Waals surface area contributed by atoms with E-state index < -0.39 is 0 Å². The second kappa shape index (κ2) is 12.8. The Morgan fingerprint density at radius 2 is 0.788 bits per heavy atom. The van der Waals surface area contributed by atoms with Crippen LogP contribution in [0, 0.1) is 27.7 Å². The molecule has 0 fully saturated rings. The third kappa shape index (κ3) is 8.78. The van der Waals surface area contributed by atoms with Crippen LogP contribution in [0.25, 0.3) is 9.81 Å². The van der Waals surface area contributed by atoms with Crippen LogP contribution in [0.1, 0.15) is 86.1 Å². The quantitative estimate of drug-likeness (QED) is 0.270. The van der Waals surface area contributed by atoms with Crippen LogP contribution in [0.5, 0.6) is 0 Å². The van der Waals surface area contributed by atoms with Gasteiger partial charge in [-0.15, -0.1) is 0 Å². The van der Waals surface area contributed by atoms with E-state index in [1.165, 1.54) is 33.4 Å². The summed E-state index contributed by atoms with van der Waals surface area (Å²) in [7, 11) is 0. The van der Waals surface area contributed by atoms with Gasteiger partial charge in [0.1, 0.15) is 0 Å². The van der Waals surface area contributed by atoms with Crippen molar-refractivity contribution in [2.24, 2.45) is 0 Å². The molecule has 0 radical (unpaired) electrons. The van der Waals surface area contributed by atoms with E-state index in [0.717, 1.165) is 20.9 Å². The van der Waals surface area contributed by atoms with Gasteiger partial charge in [-0.05, 0) is 83.0 Å². The third-order valence-corrected chi connectivity index (χ3v) is 6.92. The van der Waals surface area contributed by atoms with Gasteiger partial charge in [-0.1, -0.05) is 65.8 Å². The molecular weight excluding hydrogens is 523 g/mol. The minimum Gasteiger partial charge on any atom is -0.789 e. The predicted octanol–water partition coefficient (Wildman–Crippen LogP) is 7.98. The third-order valence-electron chi connectivity index (χ3n) is 5.50. The van der Waals surface area contributed by atoms with E-state index in [1.54, 1.807) is 10.8 Å². The van der Waals surface area contributed by atoms with Gasteiger partial charge in [-0.2, -0.15) is 9.81 Å². The number of benzene rings is 2. The van der Waals surface area contributed by atoms with Gasteiger partial charge in [0.15, 0.2) is 0 Å². The standard InChI is InChI=1S/2C14H20S2.Ni/c2*1-9-6-11(14(3,4)5)7-10(2)13(9)12(16)8-15;/h2*6-8,15-16H,1-5H3;/p-4/b2*12-8-;. The summed E-state index contributed by atoms with van der Waals surface area (Å²) in [5, 5.41) is 3.17. The maximum absolute atomic E-state index is 5.27. The molecule has 0 aliphatic carbocycles. The molecule has 0 aliphatic rings. The largest absolute Gasteiger partial charge is 0.789 e. The van der Waals surface area contributed by atoms with Gasteiger partial charge in [-0.25, -0.2) is 10.8 Å². The molecule has 0 bridgehead atoms. The summed E-state index contributed by atoms with van der Waals surface area (Å²) in [6.45, 7) is 21.7. The van der Waals surface area contributed by atoms with Crippen molar-refractivity contribution in [3.8, 4) is 0 Å². The summed E-state index contributed by atoms with van der Waals surface area (Å²) < 4.78 is 0. The van der Waals surface area contributed by atoms with Crippen LogP contribution in [-0.2, 0) is 77.8 Å². The van der Waals surface area contributed by atoms with Crippen molar-refractivity contribution in [3.63, 3.8) is 0 Å². The molecule has 33 heavy (non-hydrogen) atoms. The summed E-state index contributed by atoms with van der Waals surface area (Å²) in [5.74, 6) is 0. The van der Waals surface area contributed by atoms with Crippen molar-refractivity contribution in [3.05, 3.63) is 79.6 Å². The van der Waals surface area contributed by atoms with Crippen molar-refractivity contribution in [2.75, 3.05) is 0 Å². The maximum Gasteiger partial charge on any atom is 0 e. The molecule has 0 nitrogen and oxygen atoms in total. The molecule has 2 aromatic rings. The number of hydrogen-bond donors (Lipinski definition) is 0. The predicted molar refractivity (Wildman–Crippen MR) is 155 cm³/mol. The summed E-state index contributed by atoms with van der Waals surface area (Å²) >= 11 is 20.4. The zero-order valence-corrected chi connectivity index (χ0v) is 25.7. The molecule has 0 atom stereocenters. The molecule has 0 saturated heterocycles. The Balaban J connectivity index is 0.000000602. The monoisotopic (exact) mass is 558 g/mol. The smallest absolute Gasteiger partial charge is 0 e. The van der Waals surface area contributed by atoms with Crippen LogP contribution < -0.4 is 0 Å². The van der Waals surface area contributed by atoms with Crippen molar-refractivity contribution in [1.29, 1.82) is 0 Å². The average molecular weight is 560 g/mol. The van der Waals surface area contributed by atoms with E-state index in [9.17, 15) is 0 Å². The molecule has 0 aromatic heterocycles. The summed E-state index contributed by atoms with van der Waals surface area (Å²) in [6.07, 6.45) is 0. The SMILES string of the molecule is Cc1cc(C(C)(C)C)cc(C)c1/C([S-])=C/[S-].Cc1cc(C(C)(C)C)cc(C)c1/C([S-])=C/[S-].[Ni]. The molecule has 186 valence electrons. The Hall–Kier alpha value is -0.706. The normalized spacial score (nSPS) is 12.5. The van der Waals surface area contributed by atoms with Crippen LogP contribution in [-0.4, -0.2) is 0 Å². The first kappa shape index (κ1) is 32.3. The first-order chi connectivity index (χ1) is 14.5. The van der Waals surface area contributed by atoms with Crippen molar-refractivity contribution >= 4 is 60.3 Å². The minimum absolute atomic E-state index is 0. The van der Waals surface area contributed by atoms with Gasteiger partial charge in [0.25, 0.3) is 0 Å². The van der Waals surface area contributed by atoms with E-state index in [0.29, 0.717) is 0 Å². The molecule has 0 unspecified atom stereocenters. The van der Waals surface area contributed by atoms with Crippen LogP contribution in [0.3, 0.4) is 0 Å². The summed E-state index contributed by atoms with van der Waals surface area (Å²) in [6, 6.07) is 8.86. The fourth-order valence-corrected chi connectivity index (χ4v) is 4.57.